The number of hydrogen-bond donors (Lipinski definition) is 2. The van der Waals surface area contributed by atoms with Crippen LogP contribution in [0.3, 0.4) is 0 Å². The van der Waals surface area contributed by atoms with E-state index < -0.39 is 36.1 Å². The number of carbonyl (C=O) groups is 2. The van der Waals surface area contributed by atoms with Crippen molar-refractivity contribution in [2.24, 2.45) is 0 Å². The molecular weight excluding hydrogens is 493 g/mol. The topological polar surface area (TPSA) is 135 Å². The van der Waals surface area contributed by atoms with Crippen LogP contribution in [0.4, 0.5) is 18.0 Å². The molecule has 2 atom stereocenters. The highest BCUT2D eigenvalue weighted by Gasteiger charge is 2.38. The Balaban J connectivity index is 1.76. The molecule has 1 fully saturated rings. The number of piperidine rings is 1. The van der Waals surface area contributed by atoms with Crippen LogP contribution in [0.15, 0.2) is 17.5 Å². The van der Waals surface area contributed by atoms with Crippen LogP contribution < -0.4 is 9.47 Å². The summed E-state index contributed by atoms with van der Waals surface area (Å²) in [7, 11) is 1.46. The number of amides is 1. The summed E-state index contributed by atoms with van der Waals surface area (Å²) in [5.41, 5.74) is -0.113. The van der Waals surface area contributed by atoms with Crippen LogP contribution in [-0.4, -0.2) is 67.9 Å². The fraction of sp³-hybridized carbons (Fsp3) is 0.381. The quantitative estimate of drug-likeness (QED) is 0.519. The van der Waals surface area contributed by atoms with Gasteiger partial charge in [-0.15, -0.1) is 11.3 Å². The molecule has 3 heterocycles. The van der Waals surface area contributed by atoms with Crippen molar-refractivity contribution in [3.63, 3.8) is 0 Å². The van der Waals surface area contributed by atoms with Crippen molar-refractivity contribution in [1.82, 2.24) is 19.9 Å². The lowest BCUT2D eigenvalue weighted by atomic mass is 10.00. The van der Waals surface area contributed by atoms with E-state index in [-0.39, 0.29) is 36.1 Å². The summed E-state index contributed by atoms with van der Waals surface area (Å²) in [4.78, 5) is 36.2. The van der Waals surface area contributed by atoms with Gasteiger partial charge in [0.25, 0.3) is 0 Å². The lowest BCUT2D eigenvalue weighted by molar-refractivity contribution is -0.145. The number of likely N-dealkylation sites (tertiary alicyclic amines) is 1. The molecule has 2 N–H and O–H groups in total. The zero-order valence-electron chi connectivity index (χ0n) is 18.4. The van der Waals surface area contributed by atoms with Gasteiger partial charge in [0.1, 0.15) is 17.9 Å². The molecule has 1 aliphatic rings. The first-order valence-electron chi connectivity index (χ1n) is 10.3. The van der Waals surface area contributed by atoms with E-state index in [1.54, 1.807) is 19.1 Å². The molecule has 1 saturated heterocycles. The first kappa shape index (κ1) is 24.4. The minimum Gasteiger partial charge on any atom is -0.496 e. The number of aromatic nitrogens is 3. The van der Waals surface area contributed by atoms with Crippen molar-refractivity contribution in [2.75, 3.05) is 13.7 Å². The maximum absolute atomic E-state index is 13.1. The summed E-state index contributed by atoms with van der Waals surface area (Å²) in [5.74, 6) is -0.888. The molecule has 35 heavy (non-hydrogen) atoms. The lowest BCUT2D eigenvalue weighted by Gasteiger charge is -2.35. The second-order valence-electron chi connectivity index (χ2n) is 7.77. The largest absolute Gasteiger partial charge is 0.496 e. The van der Waals surface area contributed by atoms with Crippen molar-refractivity contribution in [1.29, 1.82) is 0 Å². The Morgan fingerprint density at radius 1 is 1.20 bits per heavy atom. The van der Waals surface area contributed by atoms with E-state index in [2.05, 4.69) is 15.0 Å². The Kier molecular flexibility index (Phi) is 6.40. The first-order valence-corrected chi connectivity index (χ1v) is 11.1. The number of alkyl halides is 3. The standard InChI is InChI=1S/C21H19F3N4O6S/c1-9-13(33-2)4-3-11-15(9)26-16(18-25-14(8-35-18)21(22,23)24)27-17(11)34-10-5-6-28(20(31)32)12(7-10)19(29)30/h3-4,8,10,12H,5-7H2,1-2H3,(H,29,30)(H,31,32). The molecule has 2 aromatic heterocycles. The predicted octanol–water partition coefficient (Wildman–Crippen LogP) is 4.06. The van der Waals surface area contributed by atoms with Gasteiger partial charge in [0, 0.05) is 30.3 Å². The summed E-state index contributed by atoms with van der Waals surface area (Å²) in [6.45, 7) is 1.65. The van der Waals surface area contributed by atoms with Crippen LogP contribution in [0.5, 0.6) is 11.6 Å². The molecule has 4 rings (SSSR count). The van der Waals surface area contributed by atoms with E-state index >= 15 is 0 Å². The lowest BCUT2D eigenvalue weighted by Crippen LogP contribution is -2.52. The SMILES string of the molecule is COc1ccc2c(OC3CCN(C(=O)O)C(C(=O)O)C3)nc(-c3nc(C(F)(F)F)cs3)nc2c1C. The van der Waals surface area contributed by atoms with Gasteiger partial charge in [-0.3, -0.25) is 4.90 Å². The molecule has 1 aromatic carbocycles. The third-order valence-corrected chi connectivity index (χ3v) is 6.44. The first-order chi connectivity index (χ1) is 16.5. The van der Waals surface area contributed by atoms with Gasteiger partial charge in [-0.1, -0.05) is 0 Å². The van der Waals surface area contributed by atoms with Crippen LogP contribution >= 0.6 is 11.3 Å². The molecule has 0 radical (unpaired) electrons. The van der Waals surface area contributed by atoms with Crippen LogP contribution in [-0.2, 0) is 11.0 Å². The average molecular weight is 512 g/mol. The Morgan fingerprint density at radius 3 is 2.54 bits per heavy atom. The highest BCUT2D eigenvalue weighted by Crippen LogP contribution is 2.37. The highest BCUT2D eigenvalue weighted by atomic mass is 32.1. The maximum atomic E-state index is 13.1. The smallest absolute Gasteiger partial charge is 0.434 e. The molecule has 10 nitrogen and oxygen atoms in total. The zero-order valence-corrected chi connectivity index (χ0v) is 19.2. The molecular formula is C21H19F3N4O6S. The van der Waals surface area contributed by atoms with E-state index in [9.17, 15) is 33.0 Å². The Morgan fingerprint density at radius 2 is 1.94 bits per heavy atom. The van der Waals surface area contributed by atoms with Gasteiger partial charge in [-0.25, -0.2) is 19.6 Å². The number of nitrogens with zero attached hydrogens (tertiary/aromatic N) is 4. The number of methoxy groups -OCH3 is 1. The summed E-state index contributed by atoms with van der Waals surface area (Å²) in [6.07, 6.45) is -6.62. The molecule has 2 unspecified atom stereocenters. The Hall–Kier alpha value is -3.68. The summed E-state index contributed by atoms with van der Waals surface area (Å²) in [6, 6.07) is 1.98. The van der Waals surface area contributed by atoms with Crippen LogP contribution in [0.25, 0.3) is 21.7 Å². The van der Waals surface area contributed by atoms with E-state index in [0.717, 1.165) is 21.6 Å². The summed E-state index contributed by atoms with van der Waals surface area (Å²) in [5, 5.41) is 20.0. The molecule has 0 aliphatic carbocycles. The zero-order chi connectivity index (χ0) is 25.5. The van der Waals surface area contributed by atoms with Gasteiger partial charge in [0.15, 0.2) is 16.5 Å². The number of rotatable bonds is 5. The molecule has 186 valence electrons. The predicted molar refractivity (Wildman–Crippen MR) is 117 cm³/mol. The normalized spacial score (nSPS) is 18.5. The Labute approximate surface area is 200 Å². The number of benzene rings is 1. The third kappa shape index (κ3) is 4.78. The highest BCUT2D eigenvalue weighted by molar-refractivity contribution is 7.13. The molecule has 3 aromatic rings. The van der Waals surface area contributed by atoms with Crippen molar-refractivity contribution in [3.05, 3.63) is 28.8 Å². The third-order valence-electron chi connectivity index (χ3n) is 5.61. The van der Waals surface area contributed by atoms with Crippen LogP contribution in [0, 0.1) is 6.92 Å². The molecule has 1 aliphatic heterocycles. The minimum atomic E-state index is -4.63. The van der Waals surface area contributed by atoms with Crippen molar-refractivity contribution >= 4 is 34.3 Å². The van der Waals surface area contributed by atoms with Gasteiger partial charge < -0.3 is 19.7 Å². The fourth-order valence-corrected chi connectivity index (χ4v) is 4.62. The van der Waals surface area contributed by atoms with Crippen molar-refractivity contribution < 1.29 is 42.4 Å². The number of hydrogen-bond acceptors (Lipinski definition) is 8. The number of carboxylic acid groups (broad SMARTS) is 2. The van der Waals surface area contributed by atoms with E-state index in [4.69, 9.17) is 9.47 Å². The maximum Gasteiger partial charge on any atom is 0.434 e. The van der Waals surface area contributed by atoms with Gasteiger partial charge in [0.2, 0.25) is 5.88 Å². The van der Waals surface area contributed by atoms with Crippen molar-refractivity contribution in [2.45, 2.75) is 38.1 Å². The average Bonchev–Trinajstić information content (AvgIpc) is 3.30. The number of carboxylic acids is 1. The monoisotopic (exact) mass is 512 g/mol. The molecule has 1 amide bonds. The second-order valence-corrected chi connectivity index (χ2v) is 8.63. The van der Waals surface area contributed by atoms with Gasteiger partial charge in [-0.05, 0) is 19.1 Å². The molecule has 0 bridgehead atoms. The molecule has 0 spiro atoms. The fourth-order valence-electron chi connectivity index (χ4n) is 3.86. The molecule has 14 heteroatoms. The number of aliphatic carboxylic acids is 1. The summed E-state index contributed by atoms with van der Waals surface area (Å²) < 4.78 is 50.6. The number of thiazole rings is 1. The van der Waals surface area contributed by atoms with Crippen LogP contribution in [0.1, 0.15) is 24.1 Å². The second kappa shape index (κ2) is 9.17. The van der Waals surface area contributed by atoms with E-state index in [1.807, 2.05) is 0 Å². The van der Waals surface area contributed by atoms with Gasteiger partial charge >= 0.3 is 18.2 Å². The summed E-state index contributed by atoms with van der Waals surface area (Å²) >= 11 is 0.724. The minimum absolute atomic E-state index is 0.0254. The Bertz CT molecular complexity index is 1300. The number of halogens is 3. The van der Waals surface area contributed by atoms with Gasteiger partial charge in [-0.2, -0.15) is 18.2 Å². The molecule has 0 saturated carbocycles. The van der Waals surface area contributed by atoms with E-state index in [1.165, 1.54) is 7.11 Å². The number of ether oxygens (including phenoxy) is 2. The van der Waals surface area contributed by atoms with Gasteiger partial charge in [0.05, 0.1) is 18.0 Å². The number of fused-ring (bicyclic) bond motifs is 1. The van der Waals surface area contributed by atoms with Crippen LogP contribution in [0.2, 0.25) is 0 Å². The van der Waals surface area contributed by atoms with Crippen molar-refractivity contribution in [3.8, 4) is 22.5 Å². The number of aryl methyl sites for hydroxylation is 1. The van der Waals surface area contributed by atoms with E-state index in [0.29, 0.717) is 22.2 Å².